The molecule has 3 rings (SSSR count). The Balaban J connectivity index is 1.49. The van der Waals surface area contributed by atoms with Crippen molar-refractivity contribution in [3.8, 4) is 0 Å². The molecular weight excluding hydrogens is 440 g/mol. The first-order valence-electron chi connectivity index (χ1n) is 11.7. The number of carbonyl (C=O) groups is 3. The lowest BCUT2D eigenvalue weighted by Gasteiger charge is -2.15. The first kappa shape index (κ1) is 25.5. The van der Waals surface area contributed by atoms with Gasteiger partial charge in [-0.05, 0) is 60.9 Å². The van der Waals surface area contributed by atoms with Crippen LogP contribution in [-0.2, 0) is 9.59 Å². The molecule has 3 aromatic rings. The molecule has 7 heteroatoms. The van der Waals surface area contributed by atoms with Gasteiger partial charge >= 0.3 is 0 Å². The Bertz CT molecular complexity index is 1140. The minimum Gasteiger partial charge on any atom is -0.376 e. The van der Waals surface area contributed by atoms with Crippen molar-refractivity contribution in [1.29, 1.82) is 0 Å². The third-order valence-corrected chi connectivity index (χ3v) is 5.27. The second-order valence-electron chi connectivity index (χ2n) is 8.81. The SMILES string of the molecule is CC(C)CC(=O)Nc1ccc(NC(=O)CNc2cccc(C(=O)NC(C)c3ccccc3)c2)cc1. The second kappa shape index (κ2) is 12.4. The van der Waals surface area contributed by atoms with Gasteiger partial charge in [-0.2, -0.15) is 0 Å². The van der Waals surface area contributed by atoms with Crippen molar-refractivity contribution in [1.82, 2.24) is 5.32 Å². The quantitative estimate of drug-likeness (QED) is 0.325. The number of carbonyl (C=O) groups excluding carboxylic acids is 3. The largest absolute Gasteiger partial charge is 0.376 e. The van der Waals surface area contributed by atoms with Crippen molar-refractivity contribution in [3.63, 3.8) is 0 Å². The lowest BCUT2D eigenvalue weighted by Crippen LogP contribution is -2.26. The summed E-state index contributed by atoms with van der Waals surface area (Å²) >= 11 is 0. The van der Waals surface area contributed by atoms with E-state index in [0.717, 1.165) is 5.56 Å². The van der Waals surface area contributed by atoms with Crippen LogP contribution in [0.4, 0.5) is 17.1 Å². The fourth-order valence-electron chi connectivity index (χ4n) is 3.48. The van der Waals surface area contributed by atoms with Crippen molar-refractivity contribution < 1.29 is 14.4 Å². The number of amides is 3. The smallest absolute Gasteiger partial charge is 0.251 e. The van der Waals surface area contributed by atoms with Gasteiger partial charge in [0.1, 0.15) is 0 Å². The van der Waals surface area contributed by atoms with E-state index in [9.17, 15) is 14.4 Å². The van der Waals surface area contributed by atoms with Crippen LogP contribution in [0.5, 0.6) is 0 Å². The summed E-state index contributed by atoms with van der Waals surface area (Å²) in [5.41, 5.74) is 3.51. The molecule has 0 radical (unpaired) electrons. The molecule has 0 fully saturated rings. The second-order valence-corrected chi connectivity index (χ2v) is 8.81. The van der Waals surface area contributed by atoms with Crippen LogP contribution in [0.3, 0.4) is 0 Å². The zero-order valence-electron chi connectivity index (χ0n) is 20.3. The predicted molar refractivity (Wildman–Crippen MR) is 140 cm³/mol. The molecule has 182 valence electrons. The molecule has 4 N–H and O–H groups in total. The molecule has 1 unspecified atom stereocenters. The first-order valence-corrected chi connectivity index (χ1v) is 11.7. The predicted octanol–water partition coefficient (Wildman–Crippen LogP) is 5.21. The van der Waals surface area contributed by atoms with Gasteiger partial charge in [0.05, 0.1) is 12.6 Å². The highest BCUT2D eigenvalue weighted by atomic mass is 16.2. The minimum atomic E-state index is -0.228. The molecule has 7 nitrogen and oxygen atoms in total. The summed E-state index contributed by atoms with van der Waals surface area (Å²) < 4.78 is 0. The van der Waals surface area contributed by atoms with Gasteiger partial charge in [0.25, 0.3) is 5.91 Å². The Kier molecular flexibility index (Phi) is 9.01. The highest BCUT2D eigenvalue weighted by molar-refractivity contribution is 5.96. The zero-order chi connectivity index (χ0) is 25.2. The Morgan fingerprint density at radius 1 is 0.714 bits per heavy atom. The van der Waals surface area contributed by atoms with Crippen molar-refractivity contribution in [2.45, 2.75) is 33.2 Å². The maximum absolute atomic E-state index is 12.7. The van der Waals surface area contributed by atoms with E-state index in [1.165, 1.54) is 0 Å². The van der Waals surface area contributed by atoms with Crippen LogP contribution < -0.4 is 21.3 Å². The van der Waals surface area contributed by atoms with Crippen LogP contribution in [0.2, 0.25) is 0 Å². The van der Waals surface area contributed by atoms with Crippen LogP contribution in [0, 0.1) is 5.92 Å². The number of hydrogen-bond acceptors (Lipinski definition) is 4. The fraction of sp³-hybridized carbons (Fsp3) is 0.250. The van der Waals surface area contributed by atoms with E-state index in [1.54, 1.807) is 48.5 Å². The number of nitrogens with one attached hydrogen (secondary N) is 4. The normalized spacial score (nSPS) is 11.4. The Labute approximate surface area is 206 Å². The molecule has 0 aliphatic carbocycles. The number of rotatable bonds is 10. The van der Waals surface area contributed by atoms with Crippen molar-refractivity contribution in [2.24, 2.45) is 5.92 Å². The topological polar surface area (TPSA) is 99.3 Å². The number of anilines is 3. The van der Waals surface area contributed by atoms with Gasteiger partial charge in [-0.1, -0.05) is 50.2 Å². The lowest BCUT2D eigenvalue weighted by atomic mass is 10.1. The van der Waals surface area contributed by atoms with E-state index < -0.39 is 0 Å². The summed E-state index contributed by atoms with van der Waals surface area (Å²) in [7, 11) is 0. The molecular formula is C28H32N4O3. The van der Waals surface area contributed by atoms with E-state index in [2.05, 4.69) is 21.3 Å². The van der Waals surface area contributed by atoms with E-state index >= 15 is 0 Å². The molecule has 0 aliphatic rings. The van der Waals surface area contributed by atoms with Crippen LogP contribution in [-0.4, -0.2) is 24.3 Å². The third kappa shape index (κ3) is 8.30. The summed E-state index contributed by atoms with van der Waals surface area (Å²) in [6.45, 7) is 5.96. The van der Waals surface area contributed by atoms with Gasteiger partial charge in [-0.15, -0.1) is 0 Å². The van der Waals surface area contributed by atoms with Crippen molar-refractivity contribution >= 4 is 34.8 Å². The monoisotopic (exact) mass is 472 g/mol. The molecule has 0 aliphatic heterocycles. The molecule has 3 aromatic carbocycles. The number of benzene rings is 3. The minimum absolute atomic E-state index is 0.0357. The maximum atomic E-state index is 12.7. The van der Waals surface area contributed by atoms with Gasteiger partial charge < -0.3 is 21.3 Å². The Morgan fingerprint density at radius 3 is 1.97 bits per heavy atom. The summed E-state index contributed by atoms with van der Waals surface area (Å²) in [6, 6.07) is 23.6. The van der Waals surface area contributed by atoms with Gasteiger partial charge in [0, 0.05) is 29.0 Å². The molecule has 0 saturated carbocycles. The highest BCUT2D eigenvalue weighted by Gasteiger charge is 2.12. The fourth-order valence-corrected chi connectivity index (χ4v) is 3.48. The molecule has 0 heterocycles. The van der Waals surface area contributed by atoms with Gasteiger partial charge in [-0.3, -0.25) is 14.4 Å². The van der Waals surface area contributed by atoms with Crippen LogP contribution >= 0.6 is 0 Å². The third-order valence-electron chi connectivity index (χ3n) is 5.27. The van der Waals surface area contributed by atoms with Gasteiger partial charge in [0.15, 0.2) is 0 Å². The summed E-state index contributed by atoms with van der Waals surface area (Å²) in [5.74, 6) is -0.162. The van der Waals surface area contributed by atoms with Gasteiger partial charge in [0.2, 0.25) is 11.8 Å². The molecule has 0 spiro atoms. The summed E-state index contributed by atoms with van der Waals surface area (Å²) in [5, 5.41) is 11.7. The van der Waals surface area contributed by atoms with Crippen molar-refractivity contribution in [2.75, 3.05) is 22.5 Å². The first-order chi connectivity index (χ1) is 16.8. The lowest BCUT2D eigenvalue weighted by molar-refractivity contribution is -0.117. The molecule has 0 aromatic heterocycles. The number of hydrogen-bond donors (Lipinski definition) is 4. The molecule has 0 bridgehead atoms. The van der Waals surface area contributed by atoms with E-state index in [4.69, 9.17) is 0 Å². The average molecular weight is 473 g/mol. The summed E-state index contributed by atoms with van der Waals surface area (Å²) in [4.78, 5) is 36.9. The standard InChI is InChI=1S/C28H32N4O3/c1-19(2)16-26(33)31-23-12-14-24(15-13-23)32-27(34)18-29-25-11-7-10-22(17-25)28(35)30-20(3)21-8-5-4-6-9-21/h4-15,17,19-20,29H,16,18H2,1-3H3,(H,30,35)(H,31,33)(H,32,34). The Morgan fingerprint density at radius 2 is 1.34 bits per heavy atom. The van der Waals surface area contributed by atoms with E-state index in [0.29, 0.717) is 29.0 Å². The van der Waals surface area contributed by atoms with Crippen molar-refractivity contribution in [3.05, 3.63) is 90.0 Å². The Hall–Kier alpha value is -4.13. The van der Waals surface area contributed by atoms with Gasteiger partial charge in [-0.25, -0.2) is 0 Å². The molecule has 0 saturated heterocycles. The molecule has 3 amide bonds. The molecule has 1 atom stereocenters. The van der Waals surface area contributed by atoms with Crippen LogP contribution in [0.1, 0.15) is 49.2 Å². The van der Waals surface area contributed by atoms with Crippen LogP contribution in [0.25, 0.3) is 0 Å². The van der Waals surface area contributed by atoms with E-state index in [-0.39, 0.29) is 36.2 Å². The highest BCUT2D eigenvalue weighted by Crippen LogP contribution is 2.16. The average Bonchev–Trinajstić information content (AvgIpc) is 2.84. The molecule has 35 heavy (non-hydrogen) atoms. The summed E-state index contributed by atoms with van der Waals surface area (Å²) in [6.07, 6.45) is 0.457. The maximum Gasteiger partial charge on any atom is 0.251 e. The van der Waals surface area contributed by atoms with E-state index in [1.807, 2.05) is 51.1 Å². The van der Waals surface area contributed by atoms with Crippen LogP contribution in [0.15, 0.2) is 78.9 Å². The zero-order valence-corrected chi connectivity index (χ0v) is 20.3.